The number of halogens is 2. The van der Waals surface area contributed by atoms with Gasteiger partial charge in [0.1, 0.15) is 11.6 Å². The average molecular weight is 310 g/mol. The monoisotopic (exact) mass is 309 g/mol. The molecule has 1 saturated heterocycles. The molecule has 1 aliphatic heterocycles. The zero-order valence-electron chi connectivity index (χ0n) is 11.5. The van der Waals surface area contributed by atoms with Crippen LogP contribution in [0.15, 0.2) is 18.2 Å². The quantitative estimate of drug-likeness (QED) is 0.914. The van der Waals surface area contributed by atoms with Gasteiger partial charge >= 0.3 is 0 Å². The van der Waals surface area contributed by atoms with Crippen molar-refractivity contribution in [3.05, 3.63) is 40.4 Å². The maximum Gasteiger partial charge on any atom is 0.239 e. The van der Waals surface area contributed by atoms with E-state index in [2.05, 4.69) is 20.1 Å². The van der Waals surface area contributed by atoms with Crippen molar-refractivity contribution in [3.63, 3.8) is 0 Å². The van der Waals surface area contributed by atoms with Gasteiger partial charge in [0.25, 0.3) is 0 Å². The highest BCUT2D eigenvalue weighted by Gasteiger charge is 2.24. The number of likely N-dealkylation sites (tertiary alicyclic amines) is 1. The molecular weight excluding hydrogens is 293 g/mol. The predicted octanol–water partition coefficient (Wildman–Crippen LogP) is 2.56. The Balaban J connectivity index is 1.61. The third-order valence-electron chi connectivity index (χ3n) is 3.94. The second-order valence-corrected chi connectivity index (χ2v) is 5.74. The molecule has 1 aliphatic rings. The van der Waals surface area contributed by atoms with Crippen LogP contribution in [0.2, 0.25) is 5.02 Å². The van der Waals surface area contributed by atoms with Crippen molar-refractivity contribution in [2.24, 2.45) is 0 Å². The molecule has 2 heterocycles. The van der Waals surface area contributed by atoms with Gasteiger partial charge in [0.15, 0.2) is 0 Å². The van der Waals surface area contributed by atoms with Crippen LogP contribution in [-0.2, 0) is 6.54 Å². The van der Waals surface area contributed by atoms with Crippen LogP contribution in [0.1, 0.15) is 30.1 Å². The van der Waals surface area contributed by atoms with Gasteiger partial charge in [0, 0.05) is 23.0 Å². The number of nitrogen functional groups attached to an aromatic ring is 1. The number of benzene rings is 1. The Kier molecular flexibility index (Phi) is 4.07. The molecule has 112 valence electrons. The first-order chi connectivity index (χ1) is 10.1. The van der Waals surface area contributed by atoms with Crippen LogP contribution >= 0.6 is 11.6 Å². The molecule has 5 nitrogen and oxygen atoms in total. The van der Waals surface area contributed by atoms with E-state index in [1.165, 1.54) is 6.07 Å². The van der Waals surface area contributed by atoms with Crippen molar-refractivity contribution < 1.29 is 4.39 Å². The molecule has 0 saturated carbocycles. The zero-order valence-corrected chi connectivity index (χ0v) is 12.3. The second kappa shape index (κ2) is 5.99. The van der Waals surface area contributed by atoms with Crippen molar-refractivity contribution in [1.82, 2.24) is 20.1 Å². The highest BCUT2D eigenvalue weighted by molar-refractivity contribution is 6.31. The molecule has 0 amide bonds. The number of hydrogen-bond acceptors (Lipinski definition) is 4. The summed E-state index contributed by atoms with van der Waals surface area (Å²) in [5.41, 5.74) is 6.10. The Hall–Kier alpha value is -1.66. The molecule has 3 rings (SSSR count). The third kappa shape index (κ3) is 3.16. The van der Waals surface area contributed by atoms with E-state index in [1.807, 2.05) is 0 Å². The number of nitrogens with zero attached hydrogens (tertiary/aromatic N) is 3. The third-order valence-corrected chi connectivity index (χ3v) is 4.29. The Bertz CT molecular complexity index is 601. The first-order valence-electron chi connectivity index (χ1n) is 6.96. The van der Waals surface area contributed by atoms with Crippen LogP contribution in [-0.4, -0.2) is 33.2 Å². The van der Waals surface area contributed by atoms with Crippen molar-refractivity contribution in [1.29, 1.82) is 0 Å². The van der Waals surface area contributed by atoms with Crippen LogP contribution in [0.4, 0.5) is 10.3 Å². The van der Waals surface area contributed by atoms with Crippen LogP contribution in [0, 0.1) is 5.82 Å². The summed E-state index contributed by atoms with van der Waals surface area (Å²) in [4.78, 5) is 6.39. The Morgan fingerprint density at radius 2 is 2.14 bits per heavy atom. The molecule has 1 fully saturated rings. The number of H-pyrrole nitrogens is 1. The lowest BCUT2D eigenvalue weighted by Crippen LogP contribution is -2.33. The number of nitrogens with two attached hydrogens (primary N) is 1. The highest BCUT2D eigenvalue weighted by atomic mass is 35.5. The standard InChI is InChI=1S/C14H17ClFN5/c15-11-2-1-3-12(16)10(11)8-21-6-4-9(5-7-21)13-18-14(17)20-19-13/h1-3,9H,4-8H2,(H3,17,18,19,20). The minimum atomic E-state index is -0.243. The maximum atomic E-state index is 13.8. The van der Waals surface area contributed by atoms with Gasteiger partial charge in [-0.15, -0.1) is 5.10 Å². The number of anilines is 1. The second-order valence-electron chi connectivity index (χ2n) is 5.33. The highest BCUT2D eigenvalue weighted by Crippen LogP contribution is 2.28. The summed E-state index contributed by atoms with van der Waals surface area (Å²) in [6.45, 7) is 2.28. The number of hydrogen-bond donors (Lipinski definition) is 2. The fourth-order valence-corrected chi connectivity index (χ4v) is 2.96. The van der Waals surface area contributed by atoms with E-state index in [0.717, 1.165) is 31.8 Å². The van der Waals surface area contributed by atoms with Crippen LogP contribution in [0.25, 0.3) is 0 Å². The normalized spacial score (nSPS) is 17.2. The van der Waals surface area contributed by atoms with E-state index in [1.54, 1.807) is 12.1 Å². The Morgan fingerprint density at radius 1 is 1.38 bits per heavy atom. The van der Waals surface area contributed by atoms with Crippen molar-refractivity contribution >= 4 is 17.5 Å². The summed E-state index contributed by atoms with van der Waals surface area (Å²) in [5, 5.41) is 7.22. The molecular formula is C14H17ClFN5. The Morgan fingerprint density at radius 3 is 2.76 bits per heavy atom. The van der Waals surface area contributed by atoms with E-state index in [-0.39, 0.29) is 11.8 Å². The molecule has 1 aromatic heterocycles. The maximum absolute atomic E-state index is 13.8. The molecule has 0 aliphatic carbocycles. The summed E-state index contributed by atoms with van der Waals surface area (Å²) in [5.74, 6) is 1.22. The summed E-state index contributed by atoms with van der Waals surface area (Å²) in [6.07, 6.45) is 1.89. The first-order valence-corrected chi connectivity index (χ1v) is 7.34. The van der Waals surface area contributed by atoms with Gasteiger partial charge in [0.2, 0.25) is 5.95 Å². The first kappa shape index (κ1) is 14.3. The van der Waals surface area contributed by atoms with E-state index >= 15 is 0 Å². The van der Waals surface area contributed by atoms with Gasteiger partial charge in [-0.1, -0.05) is 17.7 Å². The van der Waals surface area contributed by atoms with Crippen LogP contribution in [0.5, 0.6) is 0 Å². The lowest BCUT2D eigenvalue weighted by Gasteiger charge is -2.31. The van der Waals surface area contributed by atoms with Crippen molar-refractivity contribution in [3.8, 4) is 0 Å². The van der Waals surface area contributed by atoms with Gasteiger partial charge in [-0.2, -0.15) is 4.98 Å². The van der Waals surface area contributed by atoms with Gasteiger partial charge < -0.3 is 5.73 Å². The lowest BCUT2D eigenvalue weighted by atomic mass is 9.96. The molecule has 3 N–H and O–H groups in total. The van der Waals surface area contributed by atoms with Gasteiger partial charge in [0.05, 0.1) is 0 Å². The van der Waals surface area contributed by atoms with Gasteiger partial charge in [-0.05, 0) is 38.1 Å². The molecule has 7 heteroatoms. The fraction of sp³-hybridized carbons (Fsp3) is 0.429. The van der Waals surface area contributed by atoms with Crippen molar-refractivity contribution in [2.75, 3.05) is 18.8 Å². The number of aromatic amines is 1. The van der Waals surface area contributed by atoms with E-state index in [0.29, 0.717) is 23.0 Å². The van der Waals surface area contributed by atoms with Crippen molar-refractivity contribution in [2.45, 2.75) is 25.3 Å². The fourth-order valence-electron chi connectivity index (χ4n) is 2.74. The molecule has 0 atom stereocenters. The molecule has 0 bridgehead atoms. The molecule has 0 unspecified atom stereocenters. The SMILES string of the molecule is Nc1n[nH]c(C2CCN(Cc3c(F)cccc3Cl)CC2)n1. The molecule has 21 heavy (non-hydrogen) atoms. The number of aromatic nitrogens is 3. The number of nitrogens with one attached hydrogen (secondary N) is 1. The van der Waals surface area contributed by atoms with E-state index in [9.17, 15) is 4.39 Å². The average Bonchev–Trinajstić information content (AvgIpc) is 2.90. The molecule has 2 aromatic rings. The van der Waals surface area contributed by atoms with Gasteiger partial charge in [-0.25, -0.2) is 4.39 Å². The van der Waals surface area contributed by atoms with Gasteiger partial charge in [-0.3, -0.25) is 10.00 Å². The largest absolute Gasteiger partial charge is 0.367 e. The zero-order chi connectivity index (χ0) is 14.8. The summed E-state index contributed by atoms with van der Waals surface area (Å²) in [7, 11) is 0. The smallest absolute Gasteiger partial charge is 0.239 e. The number of piperidine rings is 1. The van der Waals surface area contributed by atoms with Crippen LogP contribution in [0.3, 0.4) is 0 Å². The predicted molar refractivity (Wildman–Crippen MR) is 79.5 cm³/mol. The lowest BCUT2D eigenvalue weighted by molar-refractivity contribution is 0.199. The van der Waals surface area contributed by atoms with Crippen LogP contribution < -0.4 is 5.73 Å². The minimum absolute atomic E-state index is 0.243. The van der Waals surface area contributed by atoms with E-state index < -0.39 is 0 Å². The topological polar surface area (TPSA) is 70.8 Å². The molecule has 0 spiro atoms. The Labute approximate surface area is 127 Å². The molecule has 0 radical (unpaired) electrons. The number of rotatable bonds is 3. The summed E-state index contributed by atoms with van der Waals surface area (Å²) < 4.78 is 13.8. The molecule has 1 aromatic carbocycles. The summed E-state index contributed by atoms with van der Waals surface area (Å²) in [6, 6.07) is 4.80. The summed E-state index contributed by atoms with van der Waals surface area (Å²) >= 11 is 6.07. The minimum Gasteiger partial charge on any atom is -0.367 e. The van der Waals surface area contributed by atoms with E-state index in [4.69, 9.17) is 17.3 Å².